The van der Waals surface area contributed by atoms with Crippen molar-refractivity contribution in [2.45, 2.75) is 25.1 Å². The minimum atomic E-state index is -3.46. The Morgan fingerprint density at radius 1 is 1.12 bits per heavy atom. The minimum absolute atomic E-state index is 0.0810. The quantitative estimate of drug-likeness (QED) is 0.849. The monoisotopic (exact) mass is 366 g/mol. The van der Waals surface area contributed by atoms with E-state index in [1.807, 2.05) is 6.07 Å². The van der Waals surface area contributed by atoms with Crippen LogP contribution in [0.5, 0.6) is 0 Å². The SMILES string of the molecule is O=S(=O)(Cc1ccc(Cl)cc1)NCc1nccc(N2CCCC2)n1. The molecule has 1 aromatic heterocycles. The highest BCUT2D eigenvalue weighted by Gasteiger charge is 2.15. The second-order valence-corrected chi connectivity index (χ2v) is 7.98. The topological polar surface area (TPSA) is 75.2 Å². The van der Waals surface area contributed by atoms with Crippen molar-refractivity contribution in [1.29, 1.82) is 0 Å². The van der Waals surface area contributed by atoms with Crippen molar-refractivity contribution in [2.75, 3.05) is 18.0 Å². The molecule has 3 rings (SSSR count). The maximum absolute atomic E-state index is 12.2. The van der Waals surface area contributed by atoms with E-state index in [2.05, 4.69) is 19.6 Å². The van der Waals surface area contributed by atoms with E-state index in [0.717, 1.165) is 31.7 Å². The number of sulfonamides is 1. The van der Waals surface area contributed by atoms with Crippen LogP contribution in [0.2, 0.25) is 5.02 Å². The third-order valence-electron chi connectivity index (χ3n) is 3.84. The van der Waals surface area contributed by atoms with E-state index in [0.29, 0.717) is 16.4 Å². The molecule has 2 heterocycles. The summed E-state index contributed by atoms with van der Waals surface area (Å²) in [5, 5.41) is 0.580. The third kappa shape index (κ3) is 4.66. The summed E-state index contributed by atoms with van der Waals surface area (Å²) in [6.45, 7) is 2.05. The average Bonchev–Trinajstić information content (AvgIpc) is 3.10. The molecule has 1 aromatic carbocycles. The molecule has 1 saturated heterocycles. The number of anilines is 1. The highest BCUT2D eigenvalue weighted by molar-refractivity contribution is 7.88. The predicted molar refractivity (Wildman–Crippen MR) is 94.4 cm³/mol. The fraction of sp³-hybridized carbons (Fsp3) is 0.375. The Morgan fingerprint density at radius 3 is 2.54 bits per heavy atom. The van der Waals surface area contributed by atoms with Crippen LogP contribution in [0, 0.1) is 0 Å². The summed E-state index contributed by atoms with van der Waals surface area (Å²) in [7, 11) is -3.46. The predicted octanol–water partition coefficient (Wildman–Crippen LogP) is 2.35. The summed E-state index contributed by atoms with van der Waals surface area (Å²) in [6, 6.07) is 8.61. The van der Waals surface area contributed by atoms with Gasteiger partial charge in [0.1, 0.15) is 11.6 Å². The van der Waals surface area contributed by atoms with Crippen LogP contribution in [0.1, 0.15) is 24.2 Å². The standard InChI is InChI=1S/C16H19ClN4O2S/c17-14-5-3-13(4-6-14)12-24(22,23)19-11-15-18-8-7-16(20-15)21-9-1-2-10-21/h3-8,19H,1-2,9-12H2. The summed E-state index contributed by atoms with van der Waals surface area (Å²) in [4.78, 5) is 10.8. The second kappa shape index (κ2) is 7.46. The molecule has 1 aliphatic rings. The van der Waals surface area contributed by atoms with Crippen molar-refractivity contribution in [3.63, 3.8) is 0 Å². The number of halogens is 1. The summed E-state index contributed by atoms with van der Waals surface area (Å²) >= 11 is 5.81. The average molecular weight is 367 g/mol. The van der Waals surface area contributed by atoms with Gasteiger partial charge in [0, 0.05) is 24.3 Å². The highest BCUT2D eigenvalue weighted by Crippen LogP contribution is 2.17. The lowest BCUT2D eigenvalue weighted by Gasteiger charge is -2.16. The van der Waals surface area contributed by atoms with Gasteiger partial charge in [-0.05, 0) is 36.6 Å². The Morgan fingerprint density at radius 2 is 1.83 bits per heavy atom. The zero-order chi connectivity index (χ0) is 17.0. The van der Waals surface area contributed by atoms with Crippen LogP contribution in [-0.2, 0) is 22.3 Å². The molecule has 1 aliphatic heterocycles. The van der Waals surface area contributed by atoms with E-state index in [-0.39, 0.29) is 12.3 Å². The van der Waals surface area contributed by atoms with Gasteiger partial charge in [0.25, 0.3) is 0 Å². The van der Waals surface area contributed by atoms with Gasteiger partial charge in [0.2, 0.25) is 10.0 Å². The summed E-state index contributed by atoms with van der Waals surface area (Å²) < 4.78 is 26.9. The maximum Gasteiger partial charge on any atom is 0.216 e. The van der Waals surface area contributed by atoms with Crippen molar-refractivity contribution in [3.8, 4) is 0 Å². The molecule has 6 nitrogen and oxygen atoms in total. The minimum Gasteiger partial charge on any atom is -0.357 e. The zero-order valence-electron chi connectivity index (χ0n) is 13.2. The first kappa shape index (κ1) is 17.1. The lowest BCUT2D eigenvalue weighted by Crippen LogP contribution is -2.26. The Balaban J connectivity index is 1.61. The van der Waals surface area contributed by atoms with Crippen LogP contribution in [-0.4, -0.2) is 31.5 Å². The normalized spacial score (nSPS) is 15.0. The molecule has 0 atom stereocenters. The van der Waals surface area contributed by atoms with Gasteiger partial charge in [-0.2, -0.15) is 0 Å². The van der Waals surface area contributed by atoms with Crippen molar-refractivity contribution < 1.29 is 8.42 Å². The molecule has 24 heavy (non-hydrogen) atoms. The maximum atomic E-state index is 12.2. The van der Waals surface area contributed by atoms with Crippen LogP contribution < -0.4 is 9.62 Å². The smallest absolute Gasteiger partial charge is 0.216 e. The summed E-state index contributed by atoms with van der Waals surface area (Å²) in [5.41, 5.74) is 0.679. The first-order valence-electron chi connectivity index (χ1n) is 7.80. The van der Waals surface area contributed by atoms with Crippen LogP contribution in [0.25, 0.3) is 0 Å². The second-order valence-electron chi connectivity index (χ2n) is 5.73. The molecule has 128 valence electrons. The van der Waals surface area contributed by atoms with Crippen LogP contribution in [0.4, 0.5) is 5.82 Å². The van der Waals surface area contributed by atoms with Gasteiger partial charge in [-0.1, -0.05) is 23.7 Å². The number of aromatic nitrogens is 2. The number of rotatable bonds is 6. The summed E-state index contributed by atoms with van der Waals surface area (Å²) in [5.74, 6) is 1.23. The van der Waals surface area contributed by atoms with Gasteiger partial charge in [-0.3, -0.25) is 0 Å². The van der Waals surface area contributed by atoms with Gasteiger partial charge in [-0.15, -0.1) is 0 Å². The van der Waals surface area contributed by atoms with E-state index in [9.17, 15) is 8.42 Å². The lowest BCUT2D eigenvalue weighted by atomic mass is 10.2. The van der Waals surface area contributed by atoms with Gasteiger partial charge < -0.3 is 4.90 Å². The van der Waals surface area contributed by atoms with Crippen molar-refractivity contribution >= 4 is 27.4 Å². The van der Waals surface area contributed by atoms with E-state index in [1.165, 1.54) is 0 Å². The van der Waals surface area contributed by atoms with Crippen LogP contribution >= 0.6 is 11.6 Å². The molecular formula is C16H19ClN4O2S. The fourth-order valence-corrected chi connectivity index (χ4v) is 3.83. The van der Waals surface area contributed by atoms with E-state index < -0.39 is 10.0 Å². The number of hydrogen-bond donors (Lipinski definition) is 1. The Labute approximate surface area is 146 Å². The Hall–Kier alpha value is -1.70. The van der Waals surface area contributed by atoms with Crippen LogP contribution in [0.15, 0.2) is 36.5 Å². The van der Waals surface area contributed by atoms with Gasteiger partial charge in [0.15, 0.2) is 0 Å². The third-order valence-corrected chi connectivity index (χ3v) is 5.39. The molecule has 0 unspecified atom stereocenters. The molecule has 8 heteroatoms. The molecule has 0 radical (unpaired) electrons. The Bertz CT molecular complexity index is 790. The van der Waals surface area contributed by atoms with Crippen molar-refractivity contribution in [3.05, 3.63) is 52.9 Å². The number of benzene rings is 1. The highest BCUT2D eigenvalue weighted by atomic mass is 35.5. The largest absolute Gasteiger partial charge is 0.357 e. The number of nitrogens with one attached hydrogen (secondary N) is 1. The molecule has 0 saturated carbocycles. The van der Waals surface area contributed by atoms with Crippen molar-refractivity contribution in [1.82, 2.24) is 14.7 Å². The van der Waals surface area contributed by atoms with Gasteiger partial charge in [0.05, 0.1) is 12.3 Å². The number of hydrogen-bond acceptors (Lipinski definition) is 5. The first-order chi connectivity index (χ1) is 11.5. The molecule has 0 bridgehead atoms. The Kier molecular flexibility index (Phi) is 5.33. The van der Waals surface area contributed by atoms with Crippen LogP contribution in [0.3, 0.4) is 0 Å². The van der Waals surface area contributed by atoms with Gasteiger partial charge in [-0.25, -0.2) is 23.1 Å². The van der Waals surface area contributed by atoms with E-state index in [4.69, 9.17) is 11.6 Å². The molecule has 1 fully saturated rings. The van der Waals surface area contributed by atoms with Crippen molar-refractivity contribution in [2.24, 2.45) is 0 Å². The molecule has 0 spiro atoms. The summed E-state index contributed by atoms with van der Waals surface area (Å²) in [6.07, 6.45) is 3.99. The molecule has 2 aromatic rings. The fourth-order valence-electron chi connectivity index (χ4n) is 2.62. The first-order valence-corrected chi connectivity index (χ1v) is 9.83. The lowest BCUT2D eigenvalue weighted by molar-refractivity contribution is 0.578. The number of nitrogens with zero attached hydrogens (tertiary/aromatic N) is 3. The van der Waals surface area contributed by atoms with E-state index >= 15 is 0 Å². The molecule has 1 N–H and O–H groups in total. The molecular weight excluding hydrogens is 348 g/mol. The zero-order valence-corrected chi connectivity index (χ0v) is 14.7. The van der Waals surface area contributed by atoms with E-state index in [1.54, 1.807) is 30.5 Å². The molecule has 0 aliphatic carbocycles. The molecule has 0 amide bonds. The van der Waals surface area contributed by atoms with Gasteiger partial charge >= 0.3 is 0 Å².